The van der Waals surface area contributed by atoms with Gasteiger partial charge in [-0.15, -0.1) is 0 Å². The Kier molecular flexibility index (Phi) is 3.63. The lowest BCUT2D eigenvalue weighted by atomic mass is 9.76. The summed E-state index contributed by atoms with van der Waals surface area (Å²) in [5.74, 6) is 1.22. The first-order chi connectivity index (χ1) is 13.6. The van der Waals surface area contributed by atoms with Gasteiger partial charge in [-0.05, 0) is 65.4 Å². The minimum Gasteiger partial charge on any atom is -0.496 e. The standard InChI is InChI=1S/C24H18O4/c1-27-19-11-12-20(28-2)24-16(19)8-6-14-4-3-13-5-7-15-17(25)9-10-18(26)23(15)21(13)22(14)24/h5-12H,3-4H2,1-2H3. The number of ketones is 2. The zero-order valence-corrected chi connectivity index (χ0v) is 15.7. The predicted octanol–water partition coefficient (Wildman–Crippen LogP) is 4.56. The lowest BCUT2D eigenvalue weighted by molar-refractivity contribution is 0.0994. The molecule has 4 nitrogen and oxygen atoms in total. The van der Waals surface area contributed by atoms with Gasteiger partial charge < -0.3 is 9.47 Å². The fraction of sp³-hybridized carbons (Fsp3) is 0.167. The highest BCUT2D eigenvalue weighted by atomic mass is 16.5. The van der Waals surface area contributed by atoms with E-state index in [1.807, 2.05) is 24.3 Å². The SMILES string of the molecule is COc1ccc(OC)c2c3c(ccc12)CCc1ccc2c(c1-3)C(=O)C=CC2=O. The van der Waals surface area contributed by atoms with Crippen LogP contribution in [0.15, 0.2) is 48.6 Å². The molecule has 2 aliphatic rings. The highest BCUT2D eigenvalue weighted by Gasteiger charge is 2.30. The van der Waals surface area contributed by atoms with Crippen molar-refractivity contribution in [2.24, 2.45) is 0 Å². The van der Waals surface area contributed by atoms with Gasteiger partial charge in [0.05, 0.1) is 14.2 Å². The van der Waals surface area contributed by atoms with Crippen molar-refractivity contribution in [3.05, 3.63) is 70.8 Å². The van der Waals surface area contributed by atoms with Crippen LogP contribution in [-0.2, 0) is 12.8 Å². The van der Waals surface area contributed by atoms with Gasteiger partial charge >= 0.3 is 0 Å². The third-order valence-electron chi connectivity index (χ3n) is 5.73. The van der Waals surface area contributed by atoms with Crippen LogP contribution in [0.2, 0.25) is 0 Å². The second-order valence-electron chi connectivity index (χ2n) is 7.08. The van der Waals surface area contributed by atoms with Crippen LogP contribution in [-0.4, -0.2) is 25.8 Å². The first-order valence-electron chi connectivity index (χ1n) is 9.23. The predicted molar refractivity (Wildman–Crippen MR) is 108 cm³/mol. The molecule has 0 aliphatic heterocycles. The summed E-state index contributed by atoms with van der Waals surface area (Å²) >= 11 is 0. The maximum atomic E-state index is 12.8. The molecule has 4 heteroatoms. The Hall–Kier alpha value is -3.40. The number of aryl methyl sites for hydroxylation is 2. The molecule has 0 fully saturated rings. The van der Waals surface area contributed by atoms with E-state index < -0.39 is 0 Å². The Balaban J connectivity index is 1.97. The van der Waals surface area contributed by atoms with E-state index >= 15 is 0 Å². The Bertz CT molecular complexity index is 1220. The van der Waals surface area contributed by atoms with Crippen molar-refractivity contribution >= 4 is 22.3 Å². The topological polar surface area (TPSA) is 52.6 Å². The summed E-state index contributed by atoms with van der Waals surface area (Å²) in [5.41, 5.74) is 5.04. The quantitative estimate of drug-likeness (QED) is 0.664. The number of rotatable bonds is 2. The second-order valence-corrected chi connectivity index (χ2v) is 7.08. The van der Waals surface area contributed by atoms with Crippen LogP contribution in [0.4, 0.5) is 0 Å². The lowest BCUT2D eigenvalue weighted by Crippen LogP contribution is -2.17. The molecule has 0 heterocycles. The molecule has 0 bridgehead atoms. The van der Waals surface area contributed by atoms with Crippen molar-refractivity contribution in [1.29, 1.82) is 0 Å². The van der Waals surface area contributed by atoms with Crippen molar-refractivity contribution in [3.63, 3.8) is 0 Å². The van der Waals surface area contributed by atoms with Crippen LogP contribution in [0.5, 0.6) is 11.5 Å². The molecule has 138 valence electrons. The van der Waals surface area contributed by atoms with Crippen molar-refractivity contribution in [1.82, 2.24) is 0 Å². The average Bonchev–Trinajstić information content (AvgIpc) is 2.74. The summed E-state index contributed by atoms with van der Waals surface area (Å²) in [6.07, 6.45) is 4.43. The normalized spacial score (nSPS) is 14.5. The average molecular weight is 370 g/mol. The summed E-state index contributed by atoms with van der Waals surface area (Å²) in [6, 6.07) is 11.7. The molecule has 0 amide bonds. The third kappa shape index (κ3) is 2.18. The Morgan fingerprint density at radius 1 is 0.679 bits per heavy atom. The number of benzene rings is 3. The Morgan fingerprint density at radius 3 is 2.07 bits per heavy atom. The highest BCUT2D eigenvalue weighted by molar-refractivity contribution is 6.26. The summed E-state index contributed by atoms with van der Waals surface area (Å²) in [4.78, 5) is 25.3. The molecule has 0 N–H and O–H groups in total. The van der Waals surface area contributed by atoms with Gasteiger partial charge in [0.25, 0.3) is 0 Å². The molecule has 0 aromatic heterocycles. The second kappa shape index (κ2) is 6.06. The largest absolute Gasteiger partial charge is 0.496 e. The number of hydrogen-bond acceptors (Lipinski definition) is 4. The maximum Gasteiger partial charge on any atom is 0.187 e. The molecular formula is C24H18O4. The van der Waals surface area contributed by atoms with Gasteiger partial charge in [0.1, 0.15) is 11.5 Å². The van der Waals surface area contributed by atoms with Crippen LogP contribution < -0.4 is 9.47 Å². The van der Waals surface area contributed by atoms with Crippen LogP contribution in [0.3, 0.4) is 0 Å². The van der Waals surface area contributed by atoms with Crippen molar-refractivity contribution in [2.75, 3.05) is 14.2 Å². The van der Waals surface area contributed by atoms with Crippen molar-refractivity contribution in [2.45, 2.75) is 12.8 Å². The van der Waals surface area contributed by atoms with Gasteiger partial charge in [-0.25, -0.2) is 0 Å². The van der Waals surface area contributed by atoms with E-state index in [0.29, 0.717) is 11.1 Å². The van der Waals surface area contributed by atoms with E-state index in [1.54, 1.807) is 20.3 Å². The van der Waals surface area contributed by atoms with E-state index in [4.69, 9.17) is 9.47 Å². The monoisotopic (exact) mass is 370 g/mol. The molecule has 3 aromatic carbocycles. The minimum absolute atomic E-state index is 0.127. The van der Waals surface area contributed by atoms with E-state index in [9.17, 15) is 9.59 Å². The van der Waals surface area contributed by atoms with Gasteiger partial charge in [0.2, 0.25) is 0 Å². The molecule has 5 rings (SSSR count). The number of carbonyl (C=O) groups is 2. The molecule has 0 spiro atoms. The molecule has 28 heavy (non-hydrogen) atoms. The van der Waals surface area contributed by atoms with Crippen LogP contribution >= 0.6 is 0 Å². The molecule has 0 saturated carbocycles. The molecule has 2 aliphatic carbocycles. The molecule has 0 saturated heterocycles. The third-order valence-corrected chi connectivity index (χ3v) is 5.73. The van der Waals surface area contributed by atoms with Crippen molar-refractivity contribution < 1.29 is 19.1 Å². The molecular weight excluding hydrogens is 352 g/mol. The summed E-state index contributed by atoms with van der Waals surface area (Å²) < 4.78 is 11.2. The summed E-state index contributed by atoms with van der Waals surface area (Å²) in [5, 5.41) is 1.85. The molecule has 0 radical (unpaired) electrons. The van der Waals surface area contributed by atoms with Crippen molar-refractivity contribution in [3.8, 4) is 22.6 Å². The molecule has 0 unspecified atom stereocenters. The van der Waals surface area contributed by atoms with E-state index in [2.05, 4.69) is 6.07 Å². The zero-order valence-electron chi connectivity index (χ0n) is 15.7. The first kappa shape index (κ1) is 16.8. The number of fused-ring (bicyclic) bond motifs is 7. The van der Waals surface area contributed by atoms with Gasteiger partial charge in [0, 0.05) is 21.9 Å². The Morgan fingerprint density at radius 2 is 1.32 bits per heavy atom. The van der Waals surface area contributed by atoms with Crippen LogP contribution in [0.1, 0.15) is 31.8 Å². The van der Waals surface area contributed by atoms with E-state index in [0.717, 1.165) is 57.4 Å². The smallest absolute Gasteiger partial charge is 0.187 e. The van der Waals surface area contributed by atoms with Crippen LogP contribution in [0.25, 0.3) is 21.9 Å². The zero-order chi connectivity index (χ0) is 19.4. The number of methoxy groups -OCH3 is 2. The van der Waals surface area contributed by atoms with Crippen LogP contribution in [0, 0.1) is 0 Å². The van der Waals surface area contributed by atoms with Gasteiger partial charge in [-0.2, -0.15) is 0 Å². The summed E-state index contributed by atoms with van der Waals surface area (Å²) in [7, 11) is 3.28. The van der Waals surface area contributed by atoms with E-state index in [1.165, 1.54) is 12.2 Å². The number of allylic oxidation sites excluding steroid dienone is 2. The maximum absolute atomic E-state index is 12.8. The van der Waals surface area contributed by atoms with Gasteiger partial charge in [-0.1, -0.05) is 18.2 Å². The molecule has 3 aromatic rings. The van der Waals surface area contributed by atoms with Gasteiger partial charge in [0.15, 0.2) is 11.6 Å². The summed E-state index contributed by atoms with van der Waals surface area (Å²) in [6.45, 7) is 0. The number of hydrogen-bond donors (Lipinski definition) is 0. The molecule has 0 atom stereocenters. The lowest BCUT2D eigenvalue weighted by Gasteiger charge is -2.27. The Labute approximate surface area is 162 Å². The fourth-order valence-electron chi connectivity index (χ4n) is 4.47. The number of ether oxygens (including phenoxy) is 2. The fourth-order valence-corrected chi connectivity index (χ4v) is 4.47. The van der Waals surface area contributed by atoms with Gasteiger partial charge in [-0.3, -0.25) is 9.59 Å². The number of carbonyl (C=O) groups excluding carboxylic acids is 2. The minimum atomic E-state index is -0.130. The highest BCUT2D eigenvalue weighted by Crippen LogP contribution is 2.47. The first-order valence-corrected chi connectivity index (χ1v) is 9.23. The van der Waals surface area contributed by atoms with E-state index in [-0.39, 0.29) is 11.6 Å².